The van der Waals surface area contributed by atoms with Crippen LogP contribution in [0.15, 0.2) is 0 Å². The average molecular weight is 315 g/mol. The molecule has 1 amide bonds. The Bertz CT molecular complexity index is 427. The van der Waals surface area contributed by atoms with Crippen molar-refractivity contribution in [3.05, 3.63) is 0 Å². The first-order valence-corrected chi connectivity index (χ1v) is 9.08. The van der Waals surface area contributed by atoms with Crippen LogP contribution < -0.4 is 5.32 Å². The fraction of sp³-hybridized carbons (Fsp3) is 0.867. The van der Waals surface area contributed by atoms with Crippen molar-refractivity contribution in [2.75, 3.05) is 12.9 Å². The third kappa shape index (κ3) is 4.53. The normalized spacial score (nSPS) is 23.3. The molecule has 2 atom stereocenters. The number of carbonyl (C=O) groups excluding carboxylic acids is 2. The van der Waals surface area contributed by atoms with Gasteiger partial charge in [-0.15, -0.1) is 0 Å². The fourth-order valence-corrected chi connectivity index (χ4v) is 4.41. The van der Waals surface area contributed by atoms with Gasteiger partial charge in [0.25, 0.3) is 0 Å². The Labute approximate surface area is 128 Å². The van der Waals surface area contributed by atoms with E-state index < -0.39 is 16.0 Å². The topological polar surface area (TPSA) is 72.5 Å². The van der Waals surface area contributed by atoms with Gasteiger partial charge in [0.05, 0.1) is 13.5 Å². The number of nitrogens with one attached hydrogen (secondary N) is 1. The molecule has 2 saturated carbocycles. The first-order valence-electron chi connectivity index (χ1n) is 7.70. The molecule has 0 aromatic rings. The molecule has 2 rings (SSSR count). The van der Waals surface area contributed by atoms with E-state index in [1.54, 1.807) is 6.92 Å². The predicted molar refractivity (Wildman–Crippen MR) is 81.2 cm³/mol. The zero-order valence-electron chi connectivity index (χ0n) is 12.9. The van der Waals surface area contributed by atoms with Crippen molar-refractivity contribution in [2.24, 2.45) is 5.41 Å². The van der Waals surface area contributed by atoms with E-state index in [9.17, 15) is 13.8 Å². The zero-order chi connectivity index (χ0) is 15.5. The predicted octanol–water partition coefficient (Wildman–Crippen LogP) is 1.53. The van der Waals surface area contributed by atoms with Crippen molar-refractivity contribution in [3.63, 3.8) is 0 Å². The summed E-state index contributed by atoms with van der Waals surface area (Å²) in [6.07, 6.45) is 6.46. The van der Waals surface area contributed by atoms with Gasteiger partial charge < -0.3 is 10.1 Å². The highest BCUT2D eigenvalue weighted by Crippen LogP contribution is 2.49. The van der Waals surface area contributed by atoms with Crippen LogP contribution in [0, 0.1) is 5.41 Å². The average Bonchev–Trinajstić information content (AvgIpc) is 3.00. The highest BCUT2D eigenvalue weighted by Gasteiger charge is 2.47. The maximum atomic E-state index is 12.4. The Hall–Kier alpha value is -0.910. The first kappa shape index (κ1) is 16.5. The van der Waals surface area contributed by atoms with Gasteiger partial charge in [-0.05, 0) is 38.0 Å². The lowest BCUT2D eigenvalue weighted by Crippen LogP contribution is -2.41. The van der Waals surface area contributed by atoms with Crippen LogP contribution >= 0.6 is 0 Å². The minimum absolute atomic E-state index is 0.117. The van der Waals surface area contributed by atoms with Crippen molar-refractivity contribution in [1.29, 1.82) is 0 Å². The minimum Gasteiger partial charge on any atom is -0.469 e. The summed E-state index contributed by atoms with van der Waals surface area (Å²) in [5.41, 5.74) is -0.195. The maximum Gasteiger partial charge on any atom is 0.306 e. The number of esters is 1. The molecular formula is C15H25NO4S. The van der Waals surface area contributed by atoms with Crippen LogP contribution in [0.3, 0.4) is 0 Å². The number of methoxy groups -OCH3 is 1. The molecule has 0 aromatic carbocycles. The van der Waals surface area contributed by atoms with Crippen molar-refractivity contribution in [3.8, 4) is 0 Å². The molecule has 120 valence electrons. The fourth-order valence-electron chi connectivity index (χ4n) is 2.86. The Morgan fingerprint density at radius 2 is 1.95 bits per heavy atom. The molecule has 0 aliphatic heterocycles. The molecule has 5 nitrogen and oxygen atoms in total. The summed E-state index contributed by atoms with van der Waals surface area (Å²) in [5, 5.41) is 2.48. The smallest absolute Gasteiger partial charge is 0.306 e. The van der Waals surface area contributed by atoms with Crippen LogP contribution in [-0.2, 0) is 25.1 Å². The highest BCUT2D eigenvalue weighted by atomic mass is 32.2. The standard InChI is InChI=1S/C15H25NO4S/c1-11(14(18)16-12-5-3-4-6-12)21(19)10-15(7-8-15)9-13(17)20-2/h11-12H,3-10H2,1-2H3,(H,16,18). The lowest BCUT2D eigenvalue weighted by Gasteiger charge is -2.19. The number of amides is 1. The van der Waals surface area contributed by atoms with Crippen molar-refractivity contribution in [2.45, 2.75) is 63.2 Å². The van der Waals surface area contributed by atoms with Gasteiger partial charge in [-0.1, -0.05) is 12.8 Å². The molecule has 0 heterocycles. The van der Waals surface area contributed by atoms with Gasteiger partial charge in [-0.2, -0.15) is 0 Å². The van der Waals surface area contributed by atoms with Gasteiger partial charge in [0, 0.05) is 22.6 Å². The van der Waals surface area contributed by atoms with Crippen molar-refractivity contribution >= 4 is 22.7 Å². The second-order valence-electron chi connectivity index (χ2n) is 6.41. The Morgan fingerprint density at radius 1 is 1.33 bits per heavy atom. The molecule has 2 unspecified atom stereocenters. The number of hydrogen-bond acceptors (Lipinski definition) is 4. The van der Waals surface area contributed by atoms with Gasteiger partial charge in [0.2, 0.25) is 5.91 Å². The molecule has 0 aromatic heterocycles. The highest BCUT2D eigenvalue weighted by molar-refractivity contribution is 7.86. The summed E-state index contributed by atoms with van der Waals surface area (Å²) in [7, 11) is 0.128. The lowest BCUT2D eigenvalue weighted by atomic mass is 10.1. The van der Waals surface area contributed by atoms with Crippen LogP contribution in [0.1, 0.15) is 51.9 Å². The summed E-state index contributed by atoms with van der Waals surface area (Å²) in [5.74, 6) is 0.0445. The zero-order valence-corrected chi connectivity index (χ0v) is 13.7. The maximum absolute atomic E-state index is 12.4. The van der Waals surface area contributed by atoms with Crippen molar-refractivity contribution in [1.82, 2.24) is 5.32 Å². The number of ether oxygens (including phenoxy) is 1. The van der Waals surface area contributed by atoms with Gasteiger partial charge in [0.1, 0.15) is 5.25 Å². The van der Waals surface area contributed by atoms with Gasteiger partial charge >= 0.3 is 5.97 Å². The summed E-state index contributed by atoms with van der Waals surface area (Å²) in [4.78, 5) is 23.5. The minimum atomic E-state index is -1.24. The van der Waals surface area contributed by atoms with Crippen LogP contribution in [0.5, 0.6) is 0 Å². The summed E-state index contributed by atoms with van der Waals surface area (Å²) in [6, 6.07) is 0.252. The van der Waals surface area contributed by atoms with Crippen LogP contribution in [0.2, 0.25) is 0 Å². The summed E-state index contributed by atoms with van der Waals surface area (Å²) in [6.45, 7) is 1.72. The number of rotatable bonds is 7. The summed E-state index contributed by atoms with van der Waals surface area (Å²) < 4.78 is 17.1. The molecular weight excluding hydrogens is 290 g/mol. The van der Waals surface area contributed by atoms with E-state index >= 15 is 0 Å². The molecule has 0 radical (unpaired) electrons. The van der Waals surface area contributed by atoms with E-state index in [1.807, 2.05) is 0 Å². The molecule has 2 aliphatic carbocycles. The van der Waals surface area contributed by atoms with E-state index in [0.29, 0.717) is 12.2 Å². The van der Waals surface area contributed by atoms with E-state index in [1.165, 1.54) is 7.11 Å². The number of carbonyl (C=O) groups is 2. The molecule has 0 spiro atoms. The third-order valence-electron chi connectivity index (χ3n) is 4.62. The second-order valence-corrected chi connectivity index (χ2v) is 8.17. The van der Waals surface area contributed by atoms with E-state index in [2.05, 4.69) is 10.1 Å². The molecule has 6 heteroatoms. The second kappa shape index (κ2) is 6.90. The molecule has 2 aliphatic rings. The van der Waals surface area contributed by atoms with Gasteiger partial charge in [-0.3, -0.25) is 13.8 Å². The third-order valence-corrected chi connectivity index (χ3v) is 6.52. The molecule has 2 fully saturated rings. The first-order chi connectivity index (χ1) is 9.96. The van der Waals surface area contributed by atoms with Crippen LogP contribution in [0.25, 0.3) is 0 Å². The largest absolute Gasteiger partial charge is 0.469 e. The van der Waals surface area contributed by atoms with Gasteiger partial charge in [-0.25, -0.2) is 0 Å². The van der Waals surface area contributed by atoms with Crippen molar-refractivity contribution < 1.29 is 18.5 Å². The molecule has 0 saturated heterocycles. The molecule has 21 heavy (non-hydrogen) atoms. The molecule has 1 N–H and O–H groups in total. The van der Waals surface area contributed by atoms with E-state index in [0.717, 1.165) is 38.5 Å². The molecule has 0 bridgehead atoms. The summed E-state index contributed by atoms with van der Waals surface area (Å²) >= 11 is 0. The van der Waals surface area contributed by atoms with E-state index in [4.69, 9.17) is 0 Å². The SMILES string of the molecule is COC(=O)CC1(CS(=O)C(C)C(=O)NC2CCCC2)CC1. The quantitative estimate of drug-likeness (QED) is 0.723. The Morgan fingerprint density at radius 3 is 2.48 bits per heavy atom. The van der Waals surface area contributed by atoms with Gasteiger partial charge in [0.15, 0.2) is 0 Å². The lowest BCUT2D eigenvalue weighted by molar-refractivity contribution is -0.141. The number of hydrogen-bond donors (Lipinski definition) is 1. The van der Waals surface area contributed by atoms with Crippen LogP contribution in [0.4, 0.5) is 0 Å². The van der Waals surface area contributed by atoms with Crippen LogP contribution in [-0.4, -0.2) is 40.2 Å². The monoisotopic (exact) mass is 315 g/mol. The van der Waals surface area contributed by atoms with E-state index in [-0.39, 0.29) is 23.3 Å². The Balaban J connectivity index is 1.81. The Kier molecular flexibility index (Phi) is 5.41.